The molecule has 0 aromatic rings. The lowest BCUT2D eigenvalue weighted by Crippen LogP contribution is -2.50. The van der Waals surface area contributed by atoms with Gasteiger partial charge in [0, 0.05) is 26.2 Å². The molecule has 2 unspecified atom stereocenters. The van der Waals surface area contributed by atoms with Gasteiger partial charge in [0.2, 0.25) is 0 Å². The van der Waals surface area contributed by atoms with Gasteiger partial charge in [0.15, 0.2) is 0 Å². The first-order valence-electron chi connectivity index (χ1n) is 14.4. The average Bonchev–Trinajstić information content (AvgIpc) is 3.53. The fourth-order valence-electron chi connectivity index (χ4n) is 6.10. The van der Waals surface area contributed by atoms with E-state index < -0.39 is 22.8 Å². The molecule has 0 bridgehead atoms. The van der Waals surface area contributed by atoms with Crippen LogP contribution in [0.3, 0.4) is 0 Å². The molecule has 2 spiro atoms. The molecule has 0 aromatic carbocycles. The van der Waals surface area contributed by atoms with E-state index in [9.17, 15) is 24.0 Å². The van der Waals surface area contributed by atoms with Crippen molar-refractivity contribution in [1.82, 2.24) is 30.7 Å². The molecule has 2 aliphatic carbocycles. The minimum Gasteiger partial charge on any atom is -0.444 e. The first-order chi connectivity index (χ1) is 18.4. The van der Waals surface area contributed by atoms with Crippen molar-refractivity contribution in [2.45, 2.75) is 88.8 Å². The van der Waals surface area contributed by atoms with Gasteiger partial charge in [0.05, 0.1) is 6.54 Å². The Morgan fingerprint density at radius 1 is 0.872 bits per heavy atom. The van der Waals surface area contributed by atoms with Crippen molar-refractivity contribution in [2.75, 3.05) is 39.3 Å². The highest BCUT2D eigenvalue weighted by Gasteiger charge is 2.56. The quantitative estimate of drug-likeness (QED) is 0.457. The smallest absolute Gasteiger partial charge is 0.410 e. The van der Waals surface area contributed by atoms with Gasteiger partial charge in [0.1, 0.15) is 16.7 Å². The summed E-state index contributed by atoms with van der Waals surface area (Å²) in [5, 5.41) is 8.82. The molecule has 2 atom stereocenters. The Labute approximate surface area is 229 Å². The molecule has 4 aliphatic heterocycles. The molecule has 39 heavy (non-hydrogen) atoms. The Kier molecular flexibility index (Phi) is 7.28. The van der Waals surface area contributed by atoms with E-state index >= 15 is 0 Å². The van der Waals surface area contributed by atoms with Gasteiger partial charge < -0.3 is 25.6 Å². The minimum atomic E-state index is -0.961. The molecule has 4 heterocycles. The Bertz CT molecular complexity index is 1030. The van der Waals surface area contributed by atoms with Crippen molar-refractivity contribution < 1.29 is 28.7 Å². The monoisotopic (exact) mass is 546 g/mol. The summed E-state index contributed by atoms with van der Waals surface area (Å²) < 4.78 is 5.35. The number of carbonyl (C=O) groups excluding carboxylic acids is 5. The van der Waals surface area contributed by atoms with E-state index in [4.69, 9.17) is 4.74 Å². The molecular weight excluding hydrogens is 504 g/mol. The first kappa shape index (κ1) is 27.7. The number of imide groups is 2. The molecule has 7 amide bonds. The van der Waals surface area contributed by atoms with Crippen LogP contribution < -0.4 is 16.0 Å². The summed E-state index contributed by atoms with van der Waals surface area (Å²) in [4.78, 5) is 65.4. The van der Waals surface area contributed by atoms with E-state index in [1.54, 1.807) is 20.8 Å². The van der Waals surface area contributed by atoms with Crippen LogP contribution >= 0.6 is 0 Å². The summed E-state index contributed by atoms with van der Waals surface area (Å²) in [6.45, 7) is 8.53. The van der Waals surface area contributed by atoms with Crippen molar-refractivity contribution in [3.63, 3.8) is 0 Å². The van der Waals surface area contributed by atoms with Crippen LogP contribution in [0.2, 0.25) is 0 Å². The van der Waals surface area contributed by atoms with E-state index in [-0.39, 0.29) is 30.4 Å². The maximum atomic E-state index is 12.7. The molecule has 6 aliphatic rings. The van der Waals surface area contributed by atoms with Crippen molar-refractivity contribution in [1.29, 1.82) is 0 Å². The molecule has 0 radical (unpaired) electrons. The number of nitrogens with zero attached hydrogens (tertiary/aromatic N) is 3. The van der Waals surface area contributed by atoms with Gasteiger partial charge in [-0.15, -0.1) is 0 Å². The third kappa shape index (κ3) is 5.44. The second-order valence-corrected chi connectivity index (χ2v) is 13.0. The molecule has 216 valence electrons. The molecule has 6 rings (SSSR count). The highest BCUT2D eigenvalue weighted by molar-refractivity contribution is 6.08. The van der Waals surface area contributed by atoms with Gasteiger partial charge in [-0.3, -0.25) is 19.4 Å². The zero-order valence-electron chi connectivity index (χ0n) is 23.3. The summed E-state index contributed by atoms with van der Waals surface area (Å²) in [7, 11) is 0. The van der Waals surface area contributed by atoms with E-state index in [1.165, 1.54) is 27.5 Å². The van der Waals surface area contributed by atoms with Crippen LogP contribution in [0, 0.1) is 11.8 Å². The standard InChI is InChI=1S/C16H25N3O4.C11H17N3O2/c1-15(2,3)23-14(22)18-8-7-16(10-18)12(20)19(13(21)17-16)9-11-5-4-6-11;15-9-11(4-5-12-7-11)13-10(16)14(9)6-8-2-1-3-8/h11H,4-10H2,1-3H3,(H,17,21);8,12H,1-7H2,(H,13,16). The number of ether oxygens (including phenoxy) is 1. The maximum Gasteiger partial charge on any atom is 0.410 e. The van der Waals surface area contributed by atoms with Crippen LogP contribution in [-0.4, -0.2) is 101 Å². The second kappa shape index (κ2) is 10.3. The van der Waals surface area contributed by atoms with Crippen molar-refractivity contribution >= 4 is 30.0 Å². The fourth-order valence-corrected chi connectivity index (χ4v) is 6.10. The number of urea groups is 2. The van der Waals surface area contributed by atoms with Crippen molar-refractivity contribution in [2.24, 2.45) is 11.8 Å². The molecule has 6 fully saturated rings. The molecule has 2 saturated carbocycles. The number of hydrogen-bond acceptors (Lipinski definition) is 7. The lowest BCUT2D eigenvalue weighted by Gasteiger charge is -2.29. The molecule has 12 nitrogen and oxygen atoms in total. The topological polar surface area (TPSA) is 140 Å². The predicted molar refractivity (Wildman–Crippen MR) is 141 cm³/mol. The lowest BCUT2D eigenvalue weighted by atomic mass is 9.85. The maximum absolute atomic E-state index is 12.7. The van der Waals surface area contributed by atoms with Crippen LogP contribution in [-0.2, 0) is 14.3 Å². The number of hydrogen-bond donors (Lipinski definition) is 3. The van der Waals surface area contributed by atoms with Crippen LogP contribution in [0.4, 0.5) is 14.4 Å². The van der Waals surface area contributed by atoms with Gasteiger partial charge in [-0.05, 0) is 77.7 Å². The first-order valence-corrected chi connectivity index (χ1v) is 14.4. The molecule has 4 saturated heterocycles. The average molecular weight is 547 g/mol. The van der Waals surface area contributed by atoms with E-state index in [2.05, 4.69) is 16.0 Å². The van der Waals surface area contributed by atoms with Gasteiger partial charge in [-0.25, -0.2) is 14.4 Å². The van der Waals surface area contributed by atoms with E-state index in [1.807, 2.05) is 0 Å². The predicted octanol–water partition coefficient (Wildman–Crippen LogP) is 1.79. The number of carbonyl (C=O) groups is 5. The second-order valence-electron chi connectivity index (χ2n) is 13.0. The number of likely N-dealkylation sites (tertiary alicyclic amines) is 1. The zero-order chi connectivity index (χ0) is 28.0. The fraction of sp³-hybridized carbons (Fsp3) is 0.815. The van der Waals surface area contributed by atoms with Crippen LogP contribution in [0.15, 0.2) is 0 Å². The Hall–Kier alpha value is -2.89. The highest BCUT2D eigenvalue weighted by Crippen LogP contribution is 2.34. The van der Waals surface area contributed by atoms with Crippen LogP contribution in [0.25, 0.3) is 0 Å². The van der Waals surface area contributed by atoms with Gasteiger partial charge in [-0.2, -0.15) is 0 Å². The number of amides is 7. The van der Waals surface area contributed by atoms with Gasteiger partial charge in [0.25, 0.3) is 11.8 Å². The van der Waals surface area contributed by atoms with Crippen molar-refractivity contribution in [3.05, 3.63) is 0 Å². The van der Waals surface area contributed by atoms with Crippen molar-refractivity contribution in [3.8, 4) is 0 Å². The van der Waals surface area contributed by atoms with E-state index in [0.29, 0.717) is 44.4 Å². The molecular formula is C27H42N6O6. The zero-order valence-corrected chi connectivity index (χ0v) is 23.3. The summed E-state index contributed by atoms with van der Waals surface area (Å²) in [5.74, 6) is 0.761. The Balaban J connectivity index is 0.000000168. The minimum absolute atomic E-state index is 0.0191. The van der Waals surface area contributed by atoms with Crippen LogP contribution in [0.1, 0.15) is 72.1 Å². The van der Waals surface area contributed by atoms with Crippen LogP contribution in [0.5, 0.6) is 0 Å². The summed E-state index contributed by atoms with van der Waals surface area (Å²) in [5.41, 5.74) is -2.16. The third-order valence-electron chi connectivity index (χ3n) is 8.90. The Morgan fingerprint density at radius 2 is 1.41 bits per heavy atom. The summed E-state index contributed by atoms with van der Waals surface area (Å²) in [6.07, 6.45) is 7.60. The normalized spacial score (nSPS) is 30.9. The molecule has 3 N–H and O–H groups in total. The summed E-state index contributed by atoms with van der Waals surface area (Å²) in [6, 6.07) is -0.520. The number of nitrogens with one attached hydrogen (secondary N) is 3. The third-order valence-corrected chi connectivity index (χ3v) is 8.90. The lowest BCUT2D eigenvalue weighted by molar-refractivity contribution is -0.132. The highest BCUT2D eigenvalue weighted by atomic mass is 16.6. The molecule has 12 heteroatoms. The SMILES string of the molecule is CC(C)(C)OC(=O)N1CCC2(C1)NC(=O)N(CC1CCC1)C2=O.O=C1NC2(CCNC2)C(=O)N1CC1CCC1. The Morgan fingerprint density at radius 3 is 1.87 bits per heavy atom. The number of rotatable bonds is 4. The van der Waals surface area contributed by atoms with Gasteiger partial charge in [-0.1, -0.05) is 12.8 Å². The largest absolute Gasteiger partial charge is 0.444 e. The van der Waals surface area contributed by atoms with Gasteiger partial charge >= 0.3 is 18.2 Å². The van der Waals surface area contributed by atoms with E-state index in [0.717, 1.165) is 38.6 Å². The summed E-state index contributed by atoms with van der Waals surface area (Å²) >= 11 is 0. The molecule has 0 aromatic heterocycles.